The van der Waals surface area contributed by atoms with Crippen LogP contribution in [0.1, 0.15) is 22.8 Å². The fourth-order valence-electron chi connectivity index (χ4n) is 2.67. The molecule has 0 atom stereocenters. The predicted octanol–water partition coefficient (Wildman–Crippen LogP) is 3.11. The molecule has 0 radical (unpaired) electrons. The highest BCUT2D eigenvalue weighted by atomic mass is 35.5. The number of amides is 1. The number of aromatic nitrogens is 2. The van der Waals surface area contributed by atoms with Crippen LogP contribution in [0.3, 0.4) is 0 Å². The molecule has 1 aromatic heterocycles. The van der Waals surface area contributed by atoms with Gasteiger partial charge in [0.05, 0.1) is 17.8 Å². The van der Waals surface area contributed by atoms with Gasteiger partial charge >= 0.3 is 0 Å². The Morgan fingerprint density at radius 1 is 1.46 bits per heavy atom. The molecular formula is C17H15ClFN5O2. The molecule has 0 fully saturated rings. The monoisotopic (exact) mass is 375 g/mol. The molecule has 1 aliphatic heterocycles. The Morgan fingerprint density at radius 3 is 2.96 bits per heavy atom. The fraction of sp³-hybridized carbons (Fsp3) is 0.176. The minimum Gasteiger partial charge on any atom is -0.475 e. The van der Waals surface area contributed by atoms with Crippen molar-refractivity contribution < 1.29 is 14.0 Å². The Balaban J connectivity index is 2.00. The van der Waals surface area contributed by atoms with Crippen LogP contribution < -0.4 is 15.4 Å². The van der Waals surface area contributed by atoms with Crippen molar-refractivity contribution in [2.24, 2.45) is 5.21 Å². The number of hydrogen-bond donors (Lipinski definition) is 1. The van der Waals surface area contributed by atoms with Crippen LogP contribution in [0.15, 0.2) is 35.8 Å². The van der Waals surface area contributed by atoms with Crippen LogP contribution in [-0.2, 0) is 0 Å². The van der Waals surface area contributed by atoms with Gasteiger partial charge in [0.1, 0.15) is 24.3 Å². The van der Waals surface area contributed by atoms with Gasteiger partial charge in [-0.1, -0.05) is 33.4 Å². The molecule has 0 spiro atoms. The van der Waals surface area contributed by atoms with Crippen molar-refractivity contribution in [2.45, 2.75) is 6.92 Å². The van der Waals surface area contributed by atoms with Gasteiger partial charge in [-0.15, -0.1) is 0 Å². The second kappa shape index (κ2) is 7.49. The maximum Gasteiger partial charge on any atom is 0.267 e. The van der Waals surface area contributed by atoms with E-state index in [1.54, 1.807) is 31.2 Å². The van der Waals surface area contributed by atoms with Crippen LogP contribution >= 0.6 is 11.6 Å². The standard InChI is InChI=1S/C17H15ClFN5O2/c1-2-10(8-23-19)12-4-3-11(7-13(12)18)24-5-6-26-16-14(17(24)25)15(20)21-9-22-16/h2-4,7-9H,5-6H2,1H3,(H2,20,21,22)/b10-2+,23-8-. The summed E-state index contributed by atoms with van der Waals surface area (Å²) in [6.07, 6.45) is 4.00. The summed E-state index contributed by atoms with van der Waals surface area (Å²) in [5.74, 6) is -0.177. The normalized spacial score (nSPS) is 15.0. The summed E-state index contributed by atoms with van der Waals surface area (Å²) >= 11 is 6.33. The van der Waals surface area contributed by atoms with E-state index in [4.69, 9.17) is 22.1 Å². The molecule has 9 heteroatoms. The second-order valence-electron chi connectivity index (χ2n) is 5.38. The van der Waals surface area contributed by atoms with E-state index in [0.29, 0.717) is 21.8 Å². The first-order valence-corrected chi connectivity index (χ1v) is 8.10. The lowest BCUT2D eigenvalue weighted by molar-refractivity contribution is 0.0990. The van der Waals surface area contributed by atoms with Gasteiger partial charge in [-0.25, -0.2) is 9.97 Å². The minimum absolute atomic E-state index is 0.0463. The smallest absolute Gasteiger partial charge is 0.267 e. The minimum atomic E-state index is -0.379. The van der Waals surface area contributed by atoms with Gasteiger partial charge in [0.25, 0.3) is 5.91 Å². The van der Waals surface area contributed by atoms with Crippen LogP contribution in [0.5, 0.6) is 5.88 Å². The van der Waals surface area contributed by atoms with E-state index in [1.165, 1.54) is 11.2 Å². The number of carbonyl (C=O) groups is 1. The van der Waals surface area contributed by atoms with Crippen molar-refractivity contribution in [1.29, 1.82) is 0 Å². The molecule has 134 valence electrons. The third-order valence-corrected chi connectivity index (χ3v) is 4.24. The second-order valence-corrected chi connectivity index (χ2v) is 5.79. The largest absolute Gasteiger partial charge is 0.475 e. The van der Waals surface area contributed by atoms with E-state index in [-0.39, 0.29) is 36.3 Å². The summed E-state index contributed by atoms with van der Waals surface area (Å²) in [4.78, 5) is 22.2. The number of rotatable bonds is 3. The number of benzene rings is 1. The topological polar surface area (TPSA) is 93.7 Å². The van der Waals surface area contributed by atoms with Crippen molar-refractivity contribution in [3.8, 4) is 5.88 Å². The molecule has 1 amide bonds. The molecule has 1 aliphatic rings. The number of anilines is 2. The van der Waals surface area contributed by atoms with Gasteiger partial charge in [-0.3, -0.25) is 4.79 Å². The fourth-order valence-corrected chi connectivity index (χ4v) is 2.95. The third kappa shape index (κ3) is 3.23. The van der Waals surface area contributed by atoms with Crippen LogP contribution in [0.4, 0.5) is 16.0 Å². The van der Waals surface area contributed by atoms with Crippen molar-refractivity contribution in [3.05, 3.63) is 46.8 Å². The average molecular weight is 376 g/mol. The Labute approximate surface area is 153 Å². The SMILES string of the molecule is C/C=C(\C=N/F)c1ccc(N2CCOc3ncnc(N)c3C2=O)cc1Cl. The number of halogens is 2. The molecule has 0 aliphatic carbocycles. The van der Waals surface area contributed by atoms with Gasteiger partial charge < -0.3 is 15.4 Å². The molecule has 0 saturated carbocycles. The molecule has 26 heavy (non-hydrogen) atoms. The number of allylic oxidation sites excluding steroid dienone is 2. The van der Waals surface area contributed by atoms with Gasteiger partial charge in [0.2, 0.25) is 5.88 Å². The first kappa shape index (κ1) is 17.8. The van der Waals surface area contributed by atoms with Crippen LogP contribution in [0.25, 0.3) is 5.57 Å². The van der Waals surface area contributed by atoms with Crippen LogP contribution in [0.2, 0.25) is 5.02 Å². The number of nitrogens with zero attached hydrogens (tertiary/aromatic N) is 4. The predicted molar refractivity (Wildman–Crippen MR) is 98.3 cm³/mol. The van der Waals surface area contributed by atoms with Crippen molar-refractivity contribution in [1.82, 2.24) is 9.97 Å². The zero-order chi connectivity index (χ0) is 18.7. The summed E-state index contributed by atoms with van der Waals surface area (Å²) in [5.41, 5.74) is 7.61. The van der Waals surface area contributed by atoms with E-state index in [2.05, 4.69) is 15.2 Å². The summed E-state index contributed by atoms with van der Waals surface area (Å²) in [6.45, 7) is 2.27. The van der Waals surface area contributed by atoms with E-state index in [9.17, 15) is 9.28 Å². The van der Waals surface area contributed by atoms with Gasteiger partial charge in [0, 0.05) is 11.3 Å². The Hall–Kier alpha value is -3.00. The highest BCUT2D eigenvalue weighted by Crippen LogP contribution is 2.31. The first-order chi connectivity index (χ1) is 12.6. The van der Waals surface area contributed by atoms with Crippen LogP contribution in [0, 0.1) is 0 Å². The molecule has 1 aromatic carbocycles. The Morgan fingerprint density at radius 2 is 2.27 bits per heavy atom. The van der Waals surface area contributed by atoms with E-state index >= 15 is 0 Å². The molecule has 0 bridgehead atoms. The number of hydrogen-bond acceptors (Lipinski definition) is 6. The quantitative estimate of drug-likeness (QED) is 0.832. The average Bonchev–Trinajstić information content (AvgIpc) is 2.80. The maximum absolute atomic E-state index is 12.9. The summed E-state index contributed by atoms with van der Waals surface area (Å²) < 4.78 is 17.8. The van der Waals surface area contributed by atoms with Crippen molar-refractivity contribution >= 4 is 40.8 Å². The molecule has 2 aromatic rings. The molecule has 0 unspecified atom stereocenters. The zero-order valence-corrected chi connectivity index (χ0v) is 14.6. The summed E-state index contributed by atoms with van der Waals surface area (Å²) in [5, 5.41) is 2.89. The van der Waals surface area contributed by atoms with Crippen LogP contribution in [-0.4, -0.2) is 35.2 Å². The highest BCUT2D eigenvalue weighted by Gasteiger charge is 2.29. The van der Waals surface area contributed by atoms with E-state index in [1.807, 2.05) is 0 Å². The molecule has 2 heterocycles. The Kier molecular flexibility index (Phi) is 5.13. The number of fused-ring (bicyclic) bond motifs is 1. The molecule has 3 rings (SSSR count). The maximum atomic E-state index is 12.9. The van der Waals surface area contributed by atoms with Gasteiger partial charge in [-0.2, -0.15) is 0 Å². The van der Waals surface area contributed by atoms with Gasteiger partial charge in [0.15, 0.2) is 0 Å². The first-order valence-electron chi connectivity index (χ1n) is 7.72. The molecule has 0 saturated heterocycles. The number of ether oxygens (including phenoxy) is 1. The summed E-state index contributed by atoms with van der Waals surface area (Å²) in [7, 11) is 0. The lowest BCUT2D eigenvalue weighted by Gasteiger charge is -2.21. The molecular weight excluding hydrogens is 361 g/mol. The zero-order valence-electron chi connectivity index (χ0n) is 13.8. The van der Waals surface area contributed by atoms with Crippen molar-refractivity contribution in [3.63, 3.8) is 0 Å². The lowest BCUT2D eigenvalue weighted by atomic mass is 10.1. The number of nitrogens with two attached hydrogens (primary N) is 1. The lowest BCUT2D eigenvalue weighted by Crippen LogP contribution is -2.32. The highest BCUT2D eigenvalue weighted by molar-refractivity contribution is 6.34. The number of nitrogen functional groups attached to an aromatic ring is 1. The summed E-state index contributed by atoms with van der Waals surface area (Å²) in [6, 6.07) is 5.02. The third-order valence-electron chi connectivity index (χ3n) is 3.93. The number of carbonyl (C=O) groups excluding carboxylic acids is 1. The van der Waals surface area contributed by atoms with Crippen molar-refractivity contribution in [2.75, 3.05) is 23.8 Å². The van der Waals surface area contributed by atoms with E-state index < -0.39 is 0 Å². The van der Waals surface area contributed by atoms with E-state index in [0.717, 1.165) is 6.21 Å². The van der Waals surface area contributed by atoms with Gasteiger partial charge in [-0.05, 0) is 24.6 Å². The molecule has 2 N–H and O–H groups in total. The molecule has 7 nitrogen and oxygen atoms in total. The Bertz CT molecular complexity index is 916.